The summed E-state index contributed by atoms with van der Waals surface area (Å²) in [5.41, 5.74) is 4.28. The van der Waals surface area contributed by atoms with Crippen LogP contribution in [0.25, 0.3) is 0 Å². The summed E-state index contributed by atoms with van der Waals surface area (Å²) in [5, 5.41) is 10.5. The third kappa shape index (κ3) is 2.86. The van der Waals surface area contributed by atoms with E-state index in [-0.39, 0.29) is 11.9 Å². The molecule has 1 atom stereocenters. The van der Waals surface area contributed by atoms with Gasteiger partial charge in [-0.25, -0.2) is 4.68 Å². The van der Waals surface area contributed by atoms with E-state index in [1.807, 2.05) is 68.4 Å². The molecule has 0 radical (unpaired) electrons. The summed E-state index contributed by atoms with van der Waals surface area (Å²) < 4.78 is 1.74. The number of hydrogen-bond donors (Lipinski definition) is 2. The van der Waals surface area contributed by atoms with Crippen molar-refractivity contribution in [1.82, 2.24) is 14.8 Å². The molecule has 0 unspecified atom stereocenters. The zero-order valence-electron chi connectivity index (χ0n) is 14.6. The SMILES string of the molecule is CC1=C(C(=O)Nc2ccc(C)cc2)[C@H](c2ccccc2)n2ncnc2N1. The topological polar surface area (TPSA) is 71.8 Å². The molecule has 2 heterocycles. The van der Waals surface area contributed by atoms with E-state index in [1.165, 1.54) is 6.33 Å². The second kappa shape index (κ2) is 6.48. The van der Waals surface area contributed by atoms with Crippen molar-refractivity contribution in [3.05, 3.63) is 83.3 Å². The number of nitrogens with one attached hydrogen (secondary N) is 2. The highest BCUT2D eigenvalue weighted by Gasteiger charge is 2.33. The number of benzene rings is 2. The van der Waals surface area contributed by atoms with Crippen molar-refractivity contribution in [2.45, 2.75) is 19.9 Å². The number of anilines is 2. The number of carbonyl (C=O) groups excluding carboxylic acids is 1. The molecule has 0 saturated carbocycles. The Morgan fingerprint density at radius 2 is 1.81 bits per heavy atom. The Morgan fingerprint density at radius 3 is 2.54 bits per heavy atom. The molecule has 0 fully saturated rings. The second-order valence-corrected chi connectivity index (χ2v) is 6.33. The van der Waals surface area contributed by atoms with Gasteiger partial charge in [0.1, 0.15) is 12.4 Å². The van der Waals surface area contributed by atoms with Gasteiger partial charge in [0.05, 0.1) is 5.57 Å². The number of fused-ring (bicyclic) bond motifs is 1. The molecule has 1 aliphatic rings. The molecule has 0 bridgehead atoms. The smallest absolute Gasteiger partial charge is 0.255 e. The molecule has 0 saturated heterocycles. The van der Waals surface area contributed by atoms with E-state index in [1.54, 1.807) is 4.68 Å². The molecule has 2 aromatic carbocycles. The van der Waals surface area contributed by atoms with Gasteiger partial charge in [-0.15, -0.1) is 0 Å². The average Bonchev–Trinajstić information content (AvgIpc) is 3.11. The highest BCUT2D eigenvalue weighted by Crippen LogP contribution is 2.34. The number of aromatic nitrogens is 3. The molecular formula is C20H19N5O. The zero-order valence-corrected chi connectivity index (χ0v) is 14.6. The van der Waals surface area contributed by atoms with Crippen molar-refractivity contribution in [3.8, 4) is 0 Å². The maximum Gasteiger partial charge on any atom is 0.255 e. The molecule has 6 heteroatoms. The van der Waals surface area contributed by atoms with Gasteiger partial charge in [-0.3, -0.25) is 4.79 Å². The standard InChI is InChI=1S/C20H19N5O/c1-13-8-10-16(11-9-13)24-19(26)17-14(2)23-20-21-12-22-25(20)18(17)15-6-4-3-5-7-15/h3-12,18H,1-2H3,(H,24,26)(H,21,22,23)/t18-/m0/s1. The first-order valence-electron chi connectivity index (χ1n) is 8.44. The molecule has 130 valence electrons. The Bertz CT molecular complexity index is 973. The molecular weight excluding hydrogens is 326 g/mol. The van der Waals surface area contributed by atoms with Gasteiger partial charge >= 0.3 is 0 Å². The number of aryl methyl sites for hydroxylation is 1. The normalized spacial score (nSPS) is 16.0. The summed E-state index contributed by atoms with van der Waals surface area (Å²) >= 11 is 0. The number of hydrogen-bond acceptors (Lipinski definition) is 4. The molecule has 0 aliphatic carbocycles. The van der Waals surface area contributed by atoms with Crippen LogP contribution < -0.4 is 10.6 Å². The van der Waals surface area contributed by atoms with Crippen LogP contribution in [-0.2, 0) is 4.79 Å². The molecule has 1 amide bonds. The minimum absolute atomic E-state index is 0.158. The van der Waals surface area contributed by atoms with Gasteiger partial charge < -0.3 is 10.6 Å². The van der Waals surface area contributed by atoms with Crippen LogP contribution in [0.15, 0.2) is 72.2 Å². The van der Waals surface area contributed by atoms with Gasteiger partial charge in [-0.1, -0.05) is 48.0 Å². The van der Waals surface area contributed by atoms with Crippen LogP contribution >= 0.6 is 0 Å². The van der Waals surface area contributed by atoms with Gasteiger partial charge in [0.15, 0.2) is 0 Å². The molecule has 1 aliphatic heterocycles. The summed E-state index contributed by atoms with van der Waals surface area (Å²) in [6, 6.07) is 17.3. The zero-order chi connectivity index (χ0) is 18.1. The predicted octanol–water partition coefficient (Wildman–Crippen LogP) is 3.51. The average molecular weight is 345 g/mol. The van der Waals surface area contributed by atoms with Crippen LogP contribution in [0.1, 0.15) is 24.1 Å². The largest absolute Gasteiger partial charge is 0.328 e. The molecule has 0 spiro atoms. The van der Waals surface area contributed by atoms with Crippen LogP contribution in [0.3, 0.4) is 0 Å². The maximum atomic E-state index is 13.1. The Morgan fingerprint density at radius 1 is 1.08 bits per heavy atom. The highest BCUT2D eigenvalue weighted by atomic mass is 16.1. The monoisotopic (exact) mass is 345 g/mol. The molecule has 2 N–H and O–H groups in total. The quantitative estimate of drug-likeness (QED) is 0.762. The van der Waals surface area contributed by atoms with Crippen molar-refractivity contribution < 1.29 is 4.79 Å². The summed E-state index contributed by atoms with van der Waals surface area (Å²) in [6.07, 6.45) is 1.49. The van der Waals surface area contributed by atoms with Gasteiger partial charge in [0, 0.05) is 11.4 Å². The van der Waals surface area contributed by atoms with E-state index in [0.717, 1.165) is 22.5 Å². The summed E-state index contributed by atoms with van der Waals surface area (Å²) in [6.45, 7) is 3.90. The fourth-order valence-electron chi connectivity index (χ4n) is 3.16. The van der Waals surface area contributed by atoms with E-state index < -0.39 is 0 Å². The first-order valence-corrected chi connectivity index (χ1v) is 8.44. The Balaban J connectivity index is 1.74. The number of nitrogens with zero attached hydrogens (tertiary/aromatic N) is 3. The second-order valence-electron chi connectivity index (χ2n) is 6.33. The lowest BCUT2D eigenvalue weighted by molar-refractivity contribution is -0.113. The molecule has 4 rings (SSSR count). The van der Waals surface area contributed by atoms with Crippen LogP contribution in [0.2, 0.25) is 0 Å². The van der Waals surface area contributed by atoms with E-state index in [2.05, 4.69) is 20.7 Å². The van der Waals surface area contributed by atoms with E-state index in [0.29, 0.717) is 11.5 Å². The number of rotatable bonds is 3. The van der Waals surface area contributed by atoms with Gasteiger partial charge in [0.2, 0.25) is 5.95 Å². The van der Waals surface area contributed by atoms with E-state index in [9.17, 15) is 4.79 Å². The minimum atomic E-state index is -0.333. The van der Waals surface area contributed by atoms with E-state index in [4.69, 9.17) is 0 Å². The molecule has 26 heavy (non-hydrogen) atoms. The molecule has 3 aromatic rings. The summed E-state index contributed by atoms with van der Waals surface area (Å²) in [7, 11) is 0. The van der Waals surface area contributed by atoms with Crippen molar-refractivity contribution >= 4 is 17.5 Å². The van der Waals surface area contributed by atoms with Gasteiger partial charge in [-0.05, 0) is 31.5 Å². The number of carbonyl (C=O) groups is 1. The summed E-state index contributed by atoms with van der Waals surface area (Å²) in [4.78, 5) is 17.4. The van der Waals surface area contributed by atoms with Crippen LogP contribution in [0.4, 0.5) is 11.6 Å². The lowest BCUT2D eigenvalue weighted by Crippen LogP contribution is -2.31. The van der Waals surface area contributed by atoms with Crippen LogP contribution in [0.5, 0.6) is 0 Å². The van der Waals surface area contributed by atoms with Crippen molar-refractivity contribution in [3.63, 3.8) is 0 Å². The van der Waals surface area contributed by atoms with Crippen molar-refractivity contribution in [1.29, 1.82) is 0 Å². The van der Waals surface area contributed by atoms with Crippen LogP contribution in [-0.4, -0.2) is 20.7 Å². The molecule has 6 nitrogen and oxygen atoms in total. The van der Waals surface area contributed by atoms with Crippen molar-refractivity contribution in [2.75, 3.05) is 10.6 Å². The lowest BCUT2D eigenvalue weighted by atomic mass is 9.95. The highest BCUT2D eigenvalue weighted by molar-refractivity contribution is 6.06. The maximum absolute atomic E-state index is 13.1. The minimum Gasteiger partial charge on any atom is -0.328 e. The Labute approximate surface area is 151 Å². The van der Waals surface area contributed by atoms with Gasteiger partial charge in [-0.2, -0.15) is 10.1 Å². The lowest BCUT2D eigenvalue weighted by Gasteiger charge is -2.28. The fraction of sp³-hybridized carbons (Fsp3) is 0.150. The number of amides is 1. The Kier molecular flexibility index (Phi) is 4.01. The number of allylic oxidation sites excluding steroid dienone is 1. The third-order valence-electron chi connectivity index (χ3n) is 4.46. The Hall–Kier alpha value is -3.41. The predicted molar refractivity (Wildman–Crippen MR) is 101 cm³/mol. The van der Waals surface area contributed by atoms with Crippen molar-refractivity contribution in [2.24, 2.45) is 0 Å². The van der Waals surface area contributed by atoms with E-state index >= 15 is 0 Å². The summed E-state index contributed by atoms with van der Waals surface area (Å²) in [5.74, 6) is 0.470. The fourth-order valence-corrected chi connectivity index (χ4v) is 3.16. The first-order chi connectivity index (χ1) is 12.6. The van der Waals surface area contributed by atoms with Crippen LogP contribution in [0, 0.1) is 6.92 Å². The third-order valence-corrected chi connectivity index (χ3v) is 4.46. The van der Waals surface area contributed by atoms with Gasteiger partial charge in [0.25, 0.3) is 5.91 Å². The molecule has 1 aromatic heterocycles. The first kappa shape index (κ1) is 16.1.